The molecule has 0 amide bonds. The molecular formula is C5H2F3IN2O. The number of hydrogen-bond acceptors (Lipinski definition) is 2. The van der Waals surface area contributed by atoms with E-state index in [4.69, 9.17) is 0 Å². The highest BCUT2D eigenvalue weighted by atomic mass is 127. The summed E-state index contributed by atoms with van der Waals surface area (Å²) in [5, 5.41) is 3.02. The Hall–Kier alpha value is -0.600. The van der Waals surface area contributed by atoms with Gasteiger partial charge in [0.1, 0.15) is 5.69 Å². The molecule has 0 radical (unpaired) electrons. The van der Waals surface area contributed by atoms with Crippen molar-refractivity contribution >= 4 is 28.9 Å². The van der Waals surface area contributed by atoms with Crippen LogP contribution in [0.1, 0.15) is 10.5 Å². The minimum absolute atomic E-state index is 0.180. The number of carbonyl (C=O) groups is 1. The lowest BCUT2D eigenvalue weighted by atomic mass is 10.5. The third-order valence-corrected chi connectivity index (χ3v) is 1.90. The first kappa shape index (κ1) is 9.49. The molecule has 0 N–H and O–H groups in total. The van der Waals surface area contributed by atoms with Crippen LogP contribution in [0, 0.1) is 3.57 Å². The molecular weight excluding hydrogens is 288 g/mol. The van der Waals surface area contributed by atoms with Gasteiger partial charge in [0.2, 0.25) is 0 Å². The van der Waals surface area contributed by atoms with Crippen LogP contribution in [-0.4, -0.2) is 16.1 Å². The molecule has 12 heavy (non-hydrogen) atoms. The number of alkyl halides is 3. The lowest BCUT2D eigenvalue weighted by Gasteiger charge is -2.03. The third-order valence-electron chi connectivity index (χ3n) is 1.07. The van der Waals surface area contributed by atoms with Gasteiger partial charge in [0, 0.05) is 6.20 Å². The Morgan fingerprint density at radius 3 is 2.42 bits per heavy atom. The Morgan fingerprint density at radius 1 is 1.58 bits per heavy atom. The molecule has 1 rings (SSSR count). The Kier molecular flexibility index (Phi) is 2.40. The molecule has 0 spiro atoms. The van der Waals surface area contributed by atoms with Crippen molar-refractivity contribution in [1.29, 1.82) is 0 Å². The Labute approximate surface area is 78.7 Å². The minimum atomic E-state index is -4.55. The highest BCUT2D eigenvalue weighted by molar-refractivity contribution is 14.1. The van der Waals surface area contributed by atoms with Crippen molar-refractivity contribution in [1.82, 2.24) is 9.78 Å². The number of aromatic nitrogens is 2. The second-order valence-electron chi connectivity index (χ2n) is 1.89. The molecule has 0 saturated heterocycles. The number of aldehydes is 1. The molecule has 0 fully saturated rings. The first-order valence-corrected chi connectivity index (χ1v) is 3.80. The van der Waals surface area contributed by atoms with Gasteiger partial charge in [0.15, 0.2) is 6.29 Å². The van der Waals surface area contributed by atoms with Crippen LogP contribution >= 0.6 is 22.6 Å². The summed E-state index contributed by atoms with van der Waals surface area (Å²) in [6.07, 6.45) is -3.52. The van der Waals surface area contributed by atoms with Crippen molar-refractivity contribution in [3.05, 3.63) is 15.5 Å². The van der Waals surface area contributed by atoms with E-state index < -0.39 is 6.30 Å². The predicted octanol–water partition coefficient (Wildman–Crippen LogP) is 1.78. The lowest BCUT2D eigenvalue weighted by Crippen LogP contribution is -2.17. The summed E-state index contributed by atoms with van der Waals surface area (Å²) in [6.45, 7) is 0. The van der Waals surface area contributed by atoms with Crippen LogP contribution in [-0.2, 0) is 6.30 Å². The molecule has 1 aromatic heterocycles. The summed E-state index contributed by atoms with van der Waals surface area (Å²) >= 11 is 1.61. The molecule has 0 bridgehead atoms. The van der Waals surface area contributed by atoms with E-state index in [2.05, 4.69) is 5.10 Å². The molecule has 0 saturated carbocycles. The van der Waals surface area contributed by atoms with E-state index in [0.29, 0.717) is 0 Å². The summed E-state index contributed by atoms with van der Waals surface area (Å²) in [5.74, 6) is 0. The average Bonchev–Trinajstić information content (AvgIpc) is 2.29. The predicted molar refractivity (Wildman–Crippen MR) is 41.6 cm³/mol. The Bertz CT molecular complexity index is 306. The van der Waals surface area contributed by atoms with Crippen LogP contribution in [0.2, 0.25) is 0 Å². The molecule has 0 aliphatic rings. The number of nitrogens with zero attached hydrogens (tertiary/aromatic N) is 2. The van der Waals surface area contributed by atoms with Gasteiger partial charge in [-0.05, 0) is 22.6 Å². The second kappa shape index (κ2) is 3.04. The van der Waals surface area contributed by atoms with Gasteiger partial charge in [0.25, 0.3) is 0 Å². The number of rotatable bonds is 1. The fourth-order valence-electron chi connectivity index (χ4n) is 0.576. The normalized spacial score (nSPS) is 11.7. The molecule has 0 aliphatic carbocycles. The van der Waals surface area contributed by atoms with Gasteiger partial charge in [0.05, 0.1) is 3.57 Å². The zero-order valence-corrected chi connectivity index (χ0v) is 7.63. The van der Waals surface area contributed by atoms with Crippen LogP contribution in [0.4, 0.5) is 13.2 Å². The molecule has 0 aliphatic heterocycles. The first-order chi connectivity index (χ1) is 5.45. The average molecular weight is 290 g/mol. The van der Waals surface area contributed by atoms with E-state index in [1.165, 1.54) is 0 Å². The number of carbonyl (C=O) groups excluding carboxylic acids is 1. The topological polar surface area (TPSA) is 34.9 Å². The summed E-state index contributed by atoms with van der Waals surface area (Å²) < 4.78 is 35.7. The summed E-state index contributed by atoms with van der Waals surface area (Å²) in [4.78, 5) is 10.1. The van der Waals surface area contributed by atoms with Crippen molar-refractivity contribution in [3.63, 3.8) is 0 Å². The largest absolute Gasteiger partial charge is 0.504 e. The van der Waals surface area contributed by atoms with Crippen LogP contribution in [0.3, 0.4) is 0 Å². The van der Waals surface area contributed by atoms with Crippen molar-refractivity contribution in [2.24, 2.45) is 0 Å². The minimum Gasteiger partial charge on any atom is -0.296 e. The lowest BCUT2D eigenvalue weighted by molar-refractivity contribution is -0.212. The highest BCUT2D eigenvalue weighted by Crippen LogP contribution is 2.22. The SMILES string of the molecule is O=Cc1nn(C(F)(F)F)cc1I. The zero-order chi connectivity index (χ0) is 9.35. The van der Waals surface area contributed by atoms with Gasteiger partial charge >= 0.3 is 6.30 Å². The molecule has 66 valence electrons. The van der Waals surface area contributed by atoms with Crippen molar-refractivity contribution in [2.75, 3.05) is 0 Å². The summed E-state index contributed by atoms with van der Waals surface area (Å²) in [5.41, 5.74) is -0.201. The van der Waals surface area contributed by atoms with E-state index in [0.717, 1.165) is 6.20 Å². The molecule has 0 aromatic carbocycles. The number of halogens is 4. The van der Waals surface area contributed by atoms with Crippen molar-refractivity contribution < 1.29 is 18.0 Å². The summed E-state index contributed by atoms with van der Waals surface area (Å²) in [7, 11) is 0. The van der Waals surface area contributed by atoms with Crippen LogP contribution in [0.25, 0.3) is 0 Å². The van der Waals surface area contributed by atoms with Crippen LogP contribution in [0.5, 0.6) is 0 Å². The van der Waals surface area contributed by atoms with E-state index >= 15 is 0 Å². The maximum absolute atomic E-state index is 11.9. The second-order valence-corrected chi connectivity index (χ2v) is 3.05. The van der Waals surface area contributed by atoms with Gasteiger partial charge in [-0.2, -0.15) is 9.78 Å². The summed E-state index contributed by atoms with van der Waals surface area (Å²) in [6, 6.07) is 0. The van der Waals surface area contributed by atoms with Gasteiger partial charge in [-0.25, -0.2) is 0 Å². The number of hydrogen-bond donors (Lipinski definition) is 0. The smallest absolute Gasteiger partial charge is 0.296 e. The molecule has 3 nitrogen and oxygen atoms in total. The molecule has 7 heteroatoms. The first-order valence-electron chi connectivity index (χ1n) is 2.72. The van der Waals surface area contributed by atoms with Crippen molar-refractivity contribution in [3.8, 4) is 0 Å². The van der Waals surface area contributed by atoms with Gasteiger partial charge in [-0.15, -0.1) is 13.2 Å². The van der Waals surface area contributed by atoms with Crippen molar-refractivity contribution in [2.45, 2.75) is 6.30 Å². The molecule has 1 heterocycles. The Balaban J connectivity index is 3.13. The van der Waals surface area contributed by atoms with E-state index in [-0.39, 0.29) is 20.2 Å². The fraction of sp³-hybridized carbons (Fsp3) is 0.200. The maximum Gasteiger partial charge on any atom is 0.504 e. The fourth-order valence-corrected chi connectivity index (χ4v) is 1.07. The molecule has 0 atom stereocenters. The van der Waals surface area contributed by atoms with E-state index in [1.807, 2.05) is 0 Å². The standard InChI is InChI=1S/C5H2F3IN2O/c6-5(7,8)11-1-3(9)4(2-12)10-11/h1-2H. The highest BCUT2D eigenvalue weighted by Gasteiger charge is 2.32. The van der Waals surface area contributed by atoms with E-state index in [9.17, 15) is 18.0 Å². The zero-order valence-electron chi connectivity index (χ0n) is 5.47. The molecule has 1 aromatic rings. The van der Waals surface area contributed by atoms with Crippen LogP contribution in [0.15, 0.2) is 6.20 Å². The third kappa shape index (κ3) is 1.76. The van der Waals surface area contributed by atoms with Gasteiger partial charge < -0.3 is 0 Å². The van der Waals surface area contributed by atoms with Gasteiger partial charge in [-0.1, -0.05) is 0 Å². The molecule has 0 unspecified atom stereocenters. The van der Waals surface area contributed by atoms with Crippen LogP contribution < -0.4 is 0 Å². The van der Waals surface area contributed by atoms with Gasteiger partial charge in [-0.3, -0.25) is 4.79 Å². The Morgan fingerprint density at radius 2 is 2.17 bits per heavy atom. The quantitative estimate of drug-likeness (QED) is 0.583. The maximum atomic E-state index is 11.9. The monoisotopic (exact) mass is 290 g/mol. The van der Waals surface area contributed by atoms with E-state index in [1.54, 1.807) is 22.6 Å².